The minimum Gasteiger partial charge on any atom is -0.490 e. The SMILES string of the molecule is COc1ccc(C(=O)OCC(=O)c2ccc3c(c2)CCC3)cc1[N+](=O)[O-]. The molecule has 7 heteroatoms. The fraction of sp³-hybridized carbons (Fsp3) is 0.263. The maximum Gasteiger partial charge on any atom is 0.338 e. The second kappa shape index (κ2) is 7.35. The summed E-state index contributed by atoms with van der Waals surface area (Å²) in [4.78, 5) is 34.7. The number of benzene rings is 2. The number of ketones is 1. The van der Waals surface area contributed by atoms with Crippen molar-refractivity contribution in [3.63, 3.8) is 0 Å². The number of aryl methyl sites for hydroxylation is 2. The average Bonchev–Trinajstić information content (AvgIpc) is 3.12. The molecule has 0 bridgehead atoms. The molecule has 0 radical (unpaired) electrons. The van der Waals surface area contributed by atoms with Crippen LogP contribution in [0, 0.1) is 10.1 Å². The number of nitrogens with zero attached hydrogens (tertiary/aromatic N) is 1. The van der Waals surface area contributed by atoms with Gasteiger partial charge in [-0.05, 0) is 48.6 Å². The number of Topliss-reactive ketones (excluding diaryl/α,β-unsaturated/α-hetero) is 1. The molecular formula is C19H17NO6. The van der Waals surface area contributed by atoms with E-state index < -0.39 is 17.5 Å². The van der Waals surface area contributed by atoms with E-state index in [1.165, 1.54) is 24.8 Å². The van der Waals surface area contributed by atoms with E-state index in [1.54, 1.807) is 6.07 Å². The van der Waals surface area contributed by atoms with E-state index in [9.17, 15) is 19.7 Å². The largest absolute Gasteiger partial charge is 0.490 e. The third kappa shape index (κ3) is 3.56. The van der Waals surface area contributed by atoms with E-state index in [-0.39, 0.29) is 22.8 Å². The highest BCUT2D eigenvalue weighted by Crippen LogP contribution is 2.28. The van der Waals surface area contributed by atoms with Gasteiger partial charge >= 0.3 is 11.7 Å². The number of methoxy groups -OCH3 is 1. The Morgan fingerprint density at radius 2 is 1.81 bits per heavy atom. The Hall–Kier alpha value is -3.22. The number of nitro groups is 1. The van der Waals surface area contributed by atoms with E-state index in [2.05, 4.69) is 0 Å². The van der Waals surface area contributed by atoms with Gasteiger partial charge in [-0.3, -0.25) is 14.9 Å². The van der Waals surface area contributed by atoms with Crippen LogP contribution in [0.25, 0.3) is 0 Å². The highest BCUT2D eigenvalue weighted by molar-refractivity contribution is 5.99. The van der Waals surface area contributed by atoms with E-state index in [1.807, 2.05) is 12.1 Å². The first kappa shape index (κ1) is 17.6. The Balaban J connectivity index is 1.68. The molecule has 1 aliphatic carbocycles. The maximum absolute atomic E-state index is 12.3. The summed E-state index contributed by atoms with van der Waals surface area (Å²) in [7, 11) is 1.30. The molecule has 0 heterocycles. The number of carbonyl (C=O) groups is 2. The van der Waals surface area contributed by atoms with Crippen molar-refractivity contribution >= 4 is 17.4 Å². The zero-order valence-electron chi connectivity index (χ0n) is 14.2. The van der Waals surface area contributed by atoms with Gasteiger partial charge in [-0.2, -0.15) is 0 Å². The predicted molar refractivity (Wildman–Crippen MR) is 92.7 cm³/mol. The number of nitro benzene ring substituents is 1. The Kier molecular flexibility index (Phi) is 4.97. The van der Waals surface area contributed by atoms with Crippen LogP contribution in [0.5, 0.6) is 5.75 Å². The normalized spacial score (nSPS) is 12.3. The summed E-state index contributed by atoms with van der Waals surface area (Å²) < 4.78 is 9.91. The Morgan fingerprint density at radius 3 is 2.54 bits per heavy atom. The van der Waals surface area contributed by atoms with E-state index in [0.717, 1.165) is 30.9 Å². The van der Waals surface area contributed by atoms with Gasteiger partial charge in [-0.1, -0.05) is 12.1 Å². The molecule has 0 saturated heterocycles. The molecule has 2 aromatic rings. The zero-order valence-corrected chi connectivity index (χ0v) is 14.2. The third-order valence-electron chi connectivity index (χ3n) is 4.37. The fourth-order valence-corrected chi connectivity index (χ4v) is 3.00. The molecule has 0 atom stereocenters. The molecule has 1 aliphatic rings. The minimum absolute atomic E-state index is 0.0146. The predicted octanol–water partition coefficient (Wildman–Crippen LogP) is 3.13. The number of carbonyl (C=O) groups excluding carboxylic acids is 2. The third-order valence-corrected chi connectivity index (χ3v) is 4.37. The van der Waals surface area contributed by atoms with E-state index in [0.29, 0.717) is 5.56 Å². The van der Waals surface area contributed by atoms with Crippen LogP contribution in [-0.4, -0.2) is 30.4 Å². The Bertz CT molecular complexity index is 890. The van der Waals surface area contributed by atoms with Crippen LogP contribution in [0.1, 0.15) is 38.3 Å². The van der Waals surface area contributed by atoms with Gasteiger partial charge in [0.25, 0.3) is 0 Å². The summed E-state index contributed by atoms with van der Waals surface area (Å²) in [6.07, 6.45) is 3.05. The minimum atomic E-state index is -0.801. The summed E-state index contributed by atoms with van der Waals surface area (Å²) in [5.74, 6) is -1.07. The first-order valence-electron chi connectivity index (χ1n) is 8.14. The molecule has 0 aliphatic heterocycles. The van der Waals surface area contributed by atoms with Gasteiger partial charge in [0.15, 0.2) is 18.1 Å². The number of fused-ring (bicyclic) bond motifs is 1. The maximum atomic E-state index is 12.3. The van der Waals surface area contributed by atoms with Crippen molar-refractivity contribution in [3.05, 3.63) is 68.8 Å². The van der Waals surface area contributed by atoms with Gasteiger partial charge in [-0.15, -0.1) is 0 Å². The molecular weight excluding hydrogens is 338 g/mol. The van der Waals surface area contributed by atoms with Gasteiger partial charge in [-0.25, -0.2) is 4.79 Å². The van der Waals surface area contributed by atoms with Crippen LogP contribution < -0.4 is 4.74 Å². The van der Waals surface area contributed by atoms with Crippen molar-refractivity contribution in [1.29, 1.82) is 0 Å². The summed E-state index contributed by atoms with van der Waals surface area (Å²) in [5.41, 5.74) is 2.56. The van der Waals surface area contributed by atoms with Crippen molar-refractivity contribution in [2.45, 2.75) is 19.3 Å². The van der Waals surface area contributed by atoms with Crippen LogP contribution in [0.2, 0.25) is 0 Å². The van der Waals surface area contributed by atoms with Crippen LogP contribution in [0.4, 0.5) is 5.69 Å². The van der Waals surface area contributed by atoms with Crippen molar-refractivity contribution in [2.24, 2.45) is 0 Å². The van der Waals surface area contributed by atoms with Crippen LogP contribution in [0.15, 0.2) is 36.4 Å². The molecule has 3 rings (SSSR count). The van der Waals surface area contributed by atoms with E-state index in [4.69, 9.17) is 9.47 Å². The molecule has 0 aromatic heterocycles. The lowest BCUT2D eigenvalue weighted by Crippen LogP contribution is -2.14. The molecule has 2 aromatic carbocycles. The van der Waals surface area contributed by atoms with Crippen molar-refractivity contribution < 1.29 is 24.0 Å². The number of ether oxygens (including phenoxy) is 2. The lowest BCUT2D eigenvalue weighted by Gasteiger charge is -2.07. The number of hydrogen-bond donors (Lipinski definition) is 0. The lowest BCUT2D eigenvalue weighted by atomic mass is 10.0. The monoisotopic (exact) mass is 355 g/mol. The smallest absolute Gasteiger partial charge is 0.338 e. The molecule has 0 spiro atoms. The number of rotatable bonds is 6. The highest BCUT2D eigenvalue weighted by atomic mass is 16.6. The first-order chi connectivity index (χ1) is 12.5. The Labute approximate surface area is 149 Å². The number of hydrogen-bond acceptors (Lipinski definition) is 6. The van der Waals surface area contributed by atoms with Crippen molar-refractivity contribution in [1.82, 2.24) is 0 Å². The molecule has 7 nitrogen and oxygen atoms in total. The van der Waals surface area contributed by atoms with Crippen LogP contribution >= 0.6 is 0 Å². The molecule has 26 heavy (non-hydrogen) atoms. The van der Waals surface area contributed by atoms with Gasteiger partial charge < -0.3 is 9.47 Å². The summed E-state index contributed by atoms with van der Waals surface area (Å²) in [6, 6.07) is 9.26. The molecule has 134 valence electrons. The van der Waals surface area contributed by atoms with Crippen LogP contribution in [0.3, 0.4) is 0 Å². The number of esters is 1. The van der Waals surface area contributed by atoms with Crippen molar-refractivity contribution in [3.8, 4) is 5.75 Å². The average molecular weight is 355 g/mol. The lowest BCUT2D eigenvalue weighted by molar-refractivity contribution is -0.385. The summed E-state index contributed by atoms with van der Waals surface area (Å²) in [6.45, 7) is -0.419. The molecule has 0 fully saturated rings. The first-order valence-corrected chi connectivity index (χ1v) is 8.14. The molecule has 0 unspecified atom stereocenters. The van der Waals surface area contributed by atoms with Gasteiger partial charge in [0.1, 0.15) is 0 Å². The second-order valence-corrected chi connectivity index (χ2v) is 5.98. The fourth-order valence-electron chi connectivity index (χ4n) is 3.00. The molecule has 0 N–H and O–H groups in total. The van der Waals surface area contributed by atoms with Gasteiger partial charge in [0.2, 0.25) is 0 Å². The molecule has 0 saturated carbocycles. The molecule has 0 amide bonds. The van der Waals surface area contributed by atoms with Gasteiger partial charge in [0, 0.05) is 11.6 Å². The van der Waals surface area contributed by atoms with Crippen LogP contribution in [-0.2, 0) is 17.6 Å². The van der Waals surface area contributed by atoms with Crippen molar-refractivity contribution in [2.75, 3.05) is 13.7 Å². The zero-order chi connectivity index (χ0) is 18.7. The topological polar surface area (TPSA) is 95.7 Å². The summed E-state index contributed by atoms with van der Waals surface area (Å²) >= 11 is 0. The second-order valence-electron chi connectivity index (χ2n) is 5.98. The highest BCUT2D eigenvalue weighted by Gasteiger charge is 2.20. The quantitative estimate of drug-likeness (QED) is 0.342. The van der Waals surface area contributed by atoms with Gasteiger partial charge in [0.05, 0.1) is 17.6 Å². The van der Waals surface area contributed by atoms with E-state index >= 15 is 0 Å². The Morgan fingerprint density at radius 1 is 1.08 bits per heavy atom. The summed E-state index contributed by atoms with van der Waals surface area (Å²) in [5, 5.41) is 11.0. The standard InChI is InChI=1S/C19H17NO6/c1-25-18-8-7-15(10-16(18)20(23)24)19(22)26-11-17(21)14-6-5-12-3-2-4-13(12)9-14/h5-10H,2-4,11H2,1H3.